The number of esters is 1. The molecule has 0 heterocycles. The minimum Gasteiger partial charge on any atom is -0.469 e. The zero-order chi connectivity index (χ0) is 8.99. The van der Waals surface area contributed by atoms with Crippen molar-refractivity contribution < 1.29 is 19.4 Å². The molecule has 62 valence electrons. The third-order valence-electron chi connectivity index (χ3n) is 0.287. The smallest absolute Gasteiger partial charge is 0.302 e. The maximum atomic E-state index is 9.59. The van der Waals surface area contributed by atoms with Gasteiger partial charge in [-0.25, -0.2) is 0 Å². The van der Waals surface area contributed by atoms with Crippen molar-refractivity contribution in [3.63, 3.8) is 0 Å². The number of hydrogen-bond acceptors (Lipinski definition) is 4. The van der Waals surface area contributed by atoms with Gasteiger partial charge in [0.2, 0.25) is 0 Å². The van der Waals surface area contributed by atoms with Gasteiger partial charge in [-0.05, 0) is 6.92 Å². The molecule has 4 nitrogen and oxygen atoms in total. The molecular weight excluding hydrogens is 136 g/mol. The molecule has 0 amide bonds. The highest BCUT2D eigenvalue weighted by Crippen LogP contribution is 1.60. The summed E-state index contributed by atoms with van der Waals surface area (Å²) in [5.41, 5.74) is 0. The van der Waals surface area contributed by atoms with Crippen LogP contribution in [0.2, 0.25) is 0 Å². The van der Waals surface area contributed by atoms with E-state index in [1.54, 1.807) is 0 Å². The number of rotatable bonds is 0. The van der Waals surface area contributed by atoms with Crippen LogP contribution in [0.4, 0.5) is 0 Å². The molecule has 0 saturated heterocycles. The van der Waals surface area contributed by atoms with Crippen LogP contribution in [-0.2, 0) is 14.3 Å². The highest BCUT2D eigenvalue weighted by molar-refractivity contribution is 5.65. The number of aldehydes is 1. The highest BCUT2D eigenvalue weighted by Gasteiger charge is 1.75. The van der Waals surface area contributed by atoms with Crippen molar-refractivity contribution in [2.75, 3.05) is 14.2 Å². The molecule has 0 radical (unpaired) electrons. The van der Waals surface area contributed by atoms with Crippen molar-refractivity contribution in [2.45, 2.75) is 13.8 Å². The zero-order valence-electron chi connectivity index (χ0n) is 6.75. The van der Waals surface area contributed by atoms with Crippen molar-refractivity contribution in [3.8, 4) is 0 Å². The van der Waals surface area contributed by atoms with Crippen LogP contribution < -0.4 is 0 Å². The molecule has 0 aliphatic heterocycles. The Bertz CT molecular complexity index is 70.1. The minimum absolute atomic E-state index is 0.245. The summed E-state index contributed by atoms with van der Waals surface area (Å²) in [6.45, 7) is 2.81. The molecule has 0 bridgehead atoms. The van der Waals surface area contributed by atoms with E-state index in [2.05, 4.69) is 4.74 Å². The van der Waals surface area contributed by atoms with Crippen molar-refractivity contribution >= 4 is 12.3 Å². The van der Waals surface area contributed by atoms with Gasteiger partial charge in [0.15, 0.2) is 0 Å². The molecule has 0 aromatic heterocycles. The van der Waals surface area contributed by atoms with E-state index in [0.717, 1.165) is 13.4 Å². The lowest BCUT2D eigenvalue weighted by Gasteiger charge is -1.80. The average Bonchev–Trinajstić information content (AvgIpc) is 1.94. The lowest BCUT2D eigenvalue weighted by atomic mass is 10.8. The molecule has 1 N–H and O–H groups in total. The first kappa shape index (κ1) is 16.0. The molecule has 10 heavy (non-hydrogen) atoms. The first-order valence-electron chi connectivity index (χ1n) is 2.58. The van der Waals surface area contributed by atoms with Crippen LogP contribution in [0.15, 0.2) is 0 Å². The van der Waals surface area contributed by atoms with E-state index in [0.29, 0.717) is 0 Å². The Morgan fingerprint density at radius 3 is 1.60 bits per heavy atom. The van der Waals surface area contributed by atoms with Gasteiger partial charge >= 0.3 is 5.97 Å². The first-order valence-corrected chi connectivity index (χ1v) is 2.58. The molecular formula is C6H14O4. The van der Waals surface area contributed by atoms with Gasteiger partial charge in [-0.3, -0.25) is 4.79 Å². The van der Waals surface area contributed by atoms with Gasteiger partial charge in [-0.1, -0.05) is 0 Å². The number of hydrogen-bond donors (Lipinski definition) is 1. The number of aliphatic hydroxyl groups is 1. The summed E-state index contributed by atoms with van der Waals surface area (Å²) in [5.74, 6) is -0.245. The number of aliphatic hydroxyl groups excluding tert-OH is 1. The predicted octanol–water partition coefficient (Wildman–Crippen LogP) is -0.00700. The van der Waals surface area contributed by atoms with Crippen LogP contribution in [0.25, 0.3) is 0 Å². The van der Waals surface area contributed by atoms with E-state index in [1.807, 2.05) is 0 Å². The van der Waals surface area contributed by atoms with Gasteiger partial charge in [0, 0.05) is 14.0 Å². The molecule has 0 saturated carbocycles. The predicted molar refractivity (Wildman–Crippen MR) is 37.6 cm³/mol. The molecule has 0 aliphatic carbocycles. The molecule has 0 aliphatic rings. The molecule has 4 heteroatoms. The third-order valence-corrected chi connectivity index (χ3v) is 0.287. The maximum absolute atomic E-state index is 9.59. The third kappa shape index (κ3) is 218. The average molecular weight is 150 g/mol. The summed E-state index contributed by atoms with van der Waals surface area (Å²) in [5, 5.41) is 7.00. The largest absolute Gasteiger partial charge is 0.469 e. The second-order valence-electron chi connectivity index (χ2n) is 0.931. The second-order valence-corrected chi connectivity index (χ2v) is 0.931. The standard InChI is InChI=1S/C3H6O2.C2H4O.CH4O/c1-3(4)5-2;1-2-3;1-2/h1-2H3;2H,1H3;2H,1H3. The quantitative estimate of drug-likeness (QED) is 0.389. The fourth-order valence-electron chi connectivity index (χ4n) is 0. The van der Waals surface area contributed by atoms with Gasteiger partial charge < -0.3 is 14.6 Å². The second kappa shape index (κ2) is 24.3. The van der Waals surface area contributed by atoms with E-state index in [1.165, 1.54) is 21.0 Å². The van der Waals surface area contributed by atoms with Crippen LogP contribution in [0.3, 0.4) is 0 Å². The zero-order valence-corrected chi connectivity index (χ0v) is 6.75. The lowest BCUT2D eigenvalue weighted by molar-refractivity contribution is -0.137. The van der Waals surface area contributed by atoms with Crippen molar-refractivity contribution in [3.05, 3.63) is 0 Å². The van der Waals surface area contributed by atoms with E-state index < -0.39 is 0 Å². The Balaban J connectivity index is -0.0000000847. The topological polar surface area (TPSA) is 63.6 Å². The number of carbonyl (C=O) groups is 2. The monoisotopic (exact) mass is 150 g/mol. The fraction of sp³-hybridized carbons (Fsp3) is 0.667. The van der Waals surface area contributed by atoms with Crippen molar-refractivity contribution in [1.29, 1.82) is 0 Å². The molecule has 0 aromatic carbocycles. The van der Waals surface area contributed by atoms with E-state index in [4.69, 9.17) is 9.90 Å². The molecule has 0 atom stereocenters. The van der Waals surface area contributed by atoms with E-state index in [-0.39, 0.29) is 5.97 Å². The van der Waals surface area contributed by atoms with Gasteiger partial charge in [0.1, 0.15) is 6.29 Å². The molecule has 0 spiro atoms. The molecule has 0 fully saturated rings. The van der Waals surface area contributed by atoms with Crippen molar-refractivity contribution in [2.24, 2.45) is 0 Å². The van der Waals surface area contributed by atoms with E-state index in [9.17, 15) is 4.79 Å². The summed E-state index contributed by atoms with van der Waals surface area (Å²) in [4.78, 5) is 18.4. The van der Waals surface area contributed by atoms with Gasteiger partial charge in [-0.2, -0.15) is 0 Å². The molecule has 0 unspecified atom stereocenters. The summed E-state index contributed by atoms with van der Waals surface area (Å²) in [6.07, 6.45) is 0.750. The van der Waals surface area contributed by atoms with E-state index >= 15 is 0 Å². The summed E-state index contributed by atoms with van der Waals surface area (Å²) in [6, 6.07) is 0. The number of ether oxygens (including phenoxy) is 1. The van der Waals surface area contributed by atoms with Gasteiger partial charge in [-0.15, -0.1) is 0 Å². The minimum atomic E-state index is -0.245. The Kier molecular flexibility index (Phi) is 39.0. The van der Waals surface area contributed by atoms with Crippen LogP contribution >= 0.6 is 0 Å². The lowest BCUT2D eigenvalue weighted by Crippen LogP contribution is -1.88. The van der Waals surface area contributed by atoms with Crippen LogP contribution in [0.5, 0.6) is 0 Å². The summed E-state index contributed by atoms with van der Waals surface area (Å²) in [7, 11) is 2.35. The van der Waals surface area contributed by atoms with Crippen LogP contribution in [-0.4, -0.2) is 31.6 Å². The molecule has 0 aromatic rings. The van der Waals surface area contributed by atoms with Gasteiger partial charge in [0.05, 0.1) is 7.11 Å². The molecule has 0 rings (SSSR count). The Morgan fingerprint density at radius 2 is 1.60 bits per heavy atom. The fourth-order valence-corrected chi connectivity index (χ4v) is 0. The van der Waals surface area contributed by atoms with Crippen molar-refractivity contribution in [1.82, 2.24) is 0 Å². The number of methoxy groups -OCH3 is 1. The number of carbonyl (C=O) groups excluding carboxylic acids is 2. The summed E-state index contributed by atoms with van der Waals surface area (Å²) >= 11 is 0. The Hall–Kier alpha value is -0.900. The van der Waals surface area contributed by atoms with Gasteiger partial charge in [0.25, 0.3) is 0 Å². The highest BCUT2D eigenvalue weighted by atomic mass is 16.5. The Labute approximate surface area is 60.8 Å². The Morgan fingerprint density at radius 1 is 1.50 bits per heavy atom. The first-order chi connectivity index (χ1) is 4.68. The van der Waals surface area contributed by atoms with Crippen LogP contribution in [0.1, 0.15) is 13.8 Å². The summed E-state index contributed by atoms with van der Waals surface area (Å²) < 4.78 is 4.11. The maximum Gasteiger partial charge on any atom is 0.302 e. The normalized spacial score (nSPS) is 5.30. The SMILES string of the molecule is CC=O.CO.COC(C)=O. The van der Waals surface area contributed by atoms with Crippen LogP contribution in [0, 0.1) is 0 Å².